The van der Waals surface area contributed by atoms with Gasteiger partial charge in [0.15, 0.2) is 0 Å². The average Bonchev–Trinajstić information content (AvgIpc) is 2.55. The van der Waals surface area contributed by atoms with Gasteiger partial charge in [-0.05, 0) is 92.3 Å². The molecular weight excluding hydrogens is 288 g/mol. The molecule has 0 bridgehead atoms. The fourth-order valence-corrected chi connectivity index (χ4v) is 7.66. The third kappa shape index (κ3) is 2.31. The third-order valence-electron chi connectivity index (χ3n) is 9.49. The van der Waals surface area contributed by atoms with Gasteiger partial charge in [0.05, 0.1) is 0 Å². The van der Waals surface area contributed by atoms with Crippen molar-refractivity contribution < 1.29 is 0 Å². The molecule has 0 nitrogen and oxygen atoms in total. The van der Waals surface area contributed by atoms with Crippen LogP contribution in [0.5, 0.6) is 0 Å². The van der Waals surface area contributed by atoms with E-state index in [-0.39, 0.29) is 0 Å². The zero-order chi connectivity index (χ0) is 17.8. The molecule has 3 saturated carbocycles. The predicted octanol–water partition coefficient (Wildman–Crippen LogP) is 7.56. The van der Waals surface area contributed by atoms with E-state index in [0.717, 1.165) is 17.8 Å². The van der Waals surface area contributed by atoms with E-state index in [1.165, 1.54) is 68.9 Å². The van der Waals surface area contributed by atoms with Gasteiger partial charge in [0.1, 0.15) is 0 Å². The molecule has 136 valence electrons. The zero-order valence-corrected chi connectivity index (χ0v) is 17.0. The summed E-state index contributed by atoms with van der Waals surface area (Å²) in [6, 6.07) is 0. The largest absolute Gasteiger partial charge is 0.0998 e. The van der Waals surface area contributed by atoms with Crippen molar-refractivity contribution in [2.24, 2.45) is 34.0 Å². The minimum atomic E-state index is 0.372. The second-order valence-electron chi connectivity index (χ2n) is 10.0. The molecule has 3 fully saturated rings. The Morgan fingerprint density at radius 2 is 1.83 bits per heavy atom. The molecule has 0 aromatic carbocycles. The Hall–Kier alpha value is -0.520. The number of allylic oxidation sites excluding steroid dienone is 2. The summed E-state index contributed by atoms with van der Waals surface area (Å²) in [5.74, 6) is 2.68. The van der Waals surface area contributed by atoms with Crippen LogP contribution in [0.4, 0.5) is 0 Å². The van der Waals surface area contributed by atoms with Crippen molar-refractivity contribution >= 4 is 0 Å². The van der Waals surface area contributed by atoms with Crippen LogP contribution in [0.25, 0.3) is 0 Å². The van der Waals surface area contributed by atoms with Gasteiger partial charge in [0.25, 0.3) is 0 Å². The SMILES string of the molecule is C=C1CCC2(C)C3CCC(C)(C(=C)C)C(CC)C3CCC2(CC)C1. The van der Waals surface area contributed by atoms with Gasteiger partial charge in [-0.25, -0.2) is 0 Å². The Balaban J connectivity index is 1.98. The van der Waals surface area contributed by atoms with E-state index >= 15 is 0 Å². The fraction of sp³-hybridized carbons (Fsp3) is 0.833. The fourth-order valence-electron chi connectivity index (χ4n) is 7.66. The van der Waals surface area contributed by atoms with Crippen LogP contribution in [0.1, 0.15) is 92.4 Å². The summed E-state index contributed by atoms with van der Waals surface area (Å²) < 4.78 is 0. The van der Waals surface area contributed by atoms with Crippen molar-refractivity contribution in [2.75, 3.05) is 0 Å². The smallest absolute Gasteiger partial charge is 0.00908 e. The molecule has 0 N–H and O–H groups in total. The molecule has 3 aliphatic rings. The molecular formula is C24H40. The first kappa shape index (κ1) is 18.3. The van der Waals surface area contributed by atoms with Crippen molar-refractivity contribution in [3.8, 4) is 0 Å². The summed E-state index contributed by atoms with van der Waals surface area (Å²) in [5.41, 5.74) is 4.41. The molecule has 0 aliphatic heterocycles. The highest BCUT2D eigenvalue weighted by Gasteiger charge is 2.61. The third-order valence-corrected chi connectivity index (χ3v) is 9.49. The maximum atomic E-state index is 4.41. The lowest BCUT2D eigenvalue weighted by atomic mass is 9.39. The topological polar surface area (TPSA) is 0 Å². The lowest BCUT2D eigenvalue weighted by Gasteiger charge is -2.66. The normalized spacial score (nSPS) is 48.5. The Morgan fingerprint density at radius 3 is 2.42 bits per heavy atom. The van der Waals surface area contributed by atoms with Crippen LogP contribution in [0.3, 0.4) is 0 Å². The first-order valence-electron chi connectivity index (χ1n) is 10.6. The van der Waals surface area contributed by atoms with Crippen molar-refractivity contribution in [3.63, 3.8) is 0 Å². The van der Waals surface area contributed by atoms with Crippen LogP contribution < -0.4 is 0 Å². The number of hydrogen-bond donors (Lipinski definition) is 0. The lowest BCUT2D eigenvalue weighted by Crippen LogP contribution is -2.58. The standard InChI is InChI=1S/C24H40/c1-8-20-19-11-15-24(9-2)16-18(5)10-14-23(24,7)21(19)12-13-22(20,6)17(3)4/h19-21H,3,5,8-16H2,1-2,4,6-7H3. The van der Waals surface area contributed by atoms with Gasteiger partial charge in [0, 0.05) is 0 Å². The van der Waals surface area contributed by atoms with Gasteiger partial charge in [-0.1, -0.05) is 58.4 Å². The van der Waals surface area contributed by atoms with Crippen molar-refractivity contribution in [3.05, 3.63) is 24.3 Å². The van der Waals surface area contributed by atoms with E-state index < -0.39 is 0 Å². The number of rotatable bonds is 3. The van der Waals surface area contributed by atoms with Crippen LogP contribution in [0, 0.1) is 34.0 Å². The van der Waals surface area contributed by atoms with Crippen LogP contribution in [-0.2, 0) is 0 Å². The molecule has 0 aromatic rings. The molecule has 0 spiro atoms. The van der Waals surface area contributed by atoms with Crippen LogP contribution >= 0.6 is 0 Å². The molecule has 6 atom stereocenters. The first-order chi connectivity index (χ1) is 11.2. The summed E-state index contributed by atoms with van der Waals surface area (Å²) in [5, 5.41) is 0. The lowest BCUT2D eigenvalue weighted by molar-refractivity contribution is -0.149. The van der Waals surface area contributed by atoms with E-state index in [0.29, 0.717) is 16.2 Å². The molecule has 0 amide bonds. The highest BCUT2D eigenvalue weighted by molar-refractivity contribution is 5.20. The van der Waals surface area contributed by atoms with Gasteiger partial charge in [-0.15, -0.1) is 0 Å². The van der Waals surface area contributed by atoms with Gasteiger partial charge in [-0.2, -0.15) is 0 Å². The van der Waals surface area contributed by atoms with Gasteiger partial charge >= 0.3 is 0 Å². The maximum Gasteiger partial charge on any atom is -0.00908 e. The minimum Gasteiger partial charge on any atom is -0.0998 e. The Bertz CT molecular complexity index is 528. The summed E-state index contributed by atoms with van der Waals surface area (Å²) in [6.07, 6.45) is 12.3. The van der Waals surface area contributed by atoms with E-state index in [1.807, 2.05) is 0 Å². The average molecular weight is 329 g/mol. The van der Waals surface area contributed by atoms with E-state index in [9.17, 15) is 0 Å². The molecule has 6 unspecified atom stereocenters. The molecule has 3 aliphatic carbocycles. The Kier molecular flexibility index (Phi) is 4.59. The highest BCUT2D eigenvalue weighted by Crippen LogP contribution is 2.70. The molecule has 0 heterocycles. The first-order valence-corrected chi connectivity index (χ1v) is 10.6. The van der Waals surface area contributed by atoms with Gasteiger partial charge in [-0.3, -0.25) is 0 Å². The van der Waals surface area contributed by atoms with Crippen molar-refractivity contribution in [2.45, 2.75) is 92.4 Å². The monoisotopic (exact) mass is 328 g/mol. The Labute approximate surface area is 151 Å². The highest BCUT2D eigenvalue weighted by atomic mass is 14.7. The maximum absolute atomic E-state index is 4.41. The van der Waals surface area contributed by atoms with Crippen molar-refractivity contribution in [1.82, 2.24) is 0 Å². The summed E-state index contributed by atoms with van der Waals surface area (Å²) >= 11 is 0. The van der Waals surface area contributed by atoms with Gasteiger partial charge in [0.2, 0.25) is 0 Å². The molecule has 0 saturated heterocycles. The molecule has 24 heavy (non-hydrogen) atoms. The second-order valence-corrected chi connectivity index (χ2v) is 10.0. The summed E-state index contributed by atoms with van der Waals surface area (Å²) in [7, 11) is 0. The van der Waals surface area contributed by atoms with Crippen molar-refractivity contribution in [1.29, 1.82) is 0 Å². The van der Waals surface area contributed by atoms with E-state index in [2.05, 4.69) is 47.8 Å². The zero-order valence-electron chi connectivity index (χ0n) is 17.0. The van der Waals surface area contributed by atoms with Crippen LogP contribution in [0.2, 0.25) is 0 Å². The van der Waals surface area contributed by atoms with E-state index in [4.69, 9.17) is 0 Å². The predicted molar refractivity (Wildman–Crippen MR) is 106 cm³/mol. The molecule has 0 radical (unpaired) electrons. The second kappa shape index (κ2) is 6.03. The number of hydrogen-bond acceptors (Lipinski definition) is 0. The van der Waals surface area contributed by atoms with Crippen LogP contribution in [-0.4, -0.2) is 0 Å². The Morgan fingerprint density at radius 1 is 1.12 bits per heavy atom. The molecule has 3 rings (SSSR count). The molecule has 0 aromatic heterocycles. The molecule has 0 heteroatoms. The summed E-state index contributed by atoms with van der Waals surface area (Å²) in [4.78, 5) is 0. The minimum absolute atomic E-state index is 0.372. The van der Waals surface area contributed by atoms with Gasteiger partial charge < -0.3 is 0 Å². The van der Waals surface area contributed by atoms with Crippen LogP contribution in [0.15, 0.2) is 24.3 Å². The summed E-state index contributed by atoms with van der Waals surface area (Å²) in [6.45, 7) is 21.2. The van der Waals surface area contributed by atoms with E-state index in [1.54, 1.807) is 0 Å². The quantitative estimate of drug-likeness (QED) is 0.469. The number of fused-ring (bicyclic) bond motifs is 3.